The predicted molar refractivity (Wildman–Crippen MR) is 310 cm³/mol. The van der Waals surface area contributed by atoms with Crippen LogP contribution in [-0.2, 0) is 123 Å². The van der Waals surface area contributed by atoms with Crippen LogP contribution in [0.15, 0.2) is 152 Å². The molecule has 0 saturated carbocycles. The standard InChI is InChI=1S/C65H77N3O19/c1-40(69)66-54-60(78-34-48-26-16-9-17-27-48)57(51(37-75-32-46-22-12-7-13-23-46)83-63(54)80-36-50-30-20-11-21-31-50)86-64-55(67-41(2)70)61(79-35-49-28-18-10-19-29-49)58(52(84-64)38-76-33-47-24-14-8-15-25-47)87-65-56(68-42(3)71)62(82-45(6)74)59(81-44(5)73)53(85-65)39-77-43(4)72/h7-31,51-65H,32-39H2,1-6H3,(H,66,69)(H,67,70)(H,68,71)/t51-,52-,53-,54-,55-,56-,57+,58+,59+,60-,61-,62-,63-,64+,65+/m1/s1. The monoisotopic (exact) mass is 1200 g/mol. The van der Waals surface area contributed by atoms with E-state index in [2.05, 4.69) is 16.0 Å². The number of nitrogens with one attached hydrogen (secondary N) is 3. The van der Waals surface area contributed by atoms with Crippen molar-refractivity contribution in [1.82, 2.24) is 16.0 Å². The summed E-state index contributed by atoms with van der Waals surface area (Å²) in [7, 11) is 0. The molecule has 0 radical (unpaired) electrons. The minimum Gasteiger partial charge on any atom is -0.463 e. The van der Waals surface area contributed by atoms with Crippen LogP contribution in [0.4, 0.5) is 0 Å². The van der Waals surface area contributed by atoms with Gasteiger partial charge in [-0.05, 0) is 27.8 Å². The highest BCUT2D eigenvalue weighted by Gasteiger charge is 2.57. The van der Waals surface area contributed by atoms with Crippen LogP contribution in [0, 0.1) is 0 Å². The van der Waals surface area contributed by atoms with Crippen LogP contribution in [0.3, 0.4) is 0 Å². The highest BCUT2D eigenvalue weighted by Crippen LogP contribution is 2.37. The first kappa shape index (κ1) is 65.5. The van der Waals surface area contributed by atoms with E-state index in [-0.39, 0.29) is 46.2 Å². The third-order valence-corrected chi connectivity index (χ3v) is 14.3. The molecule has 87 heavy (non-hydrogen) atoms. The van der Waals surface area contributed by atoms with E-state index in [0.717, 1.165) is 41.7 Å². The highest BCUT2D eigenvalue weighted by atomic mass is 16.8. The molecule has 5 aromatic rings. The van der Waals surface area contributed by atoms with E-state index in [0.29, 0.717) is 0 Å². The van der Waals surface area contributed by atoms with Gasteiger partial charge in [-0.25, -0.2) is 0 Å². The smallest absolute Gasteiger partial charge is 0.303 e. The third-order valence-electron chi connectivity index (χ3n) is 14.3. The SMILES string of the molecule is CC(=O)N[C@H]1[C@H](O[C@@H]2[C@H](OCc3ccccc3)[C@@H](NC(C)=O)[C@H](O[C@@H]3[C@H](OCc4ccccc4)[C@@H](NC(C)=O)[C@H](OCc4ccccc4)O[C@@H]3COCc3ccccc3)O[C@@H]2COCc2ccccc2)O[C@H](COC(C)=O)[C@H](OC(C)=O)[C@@H]1OC(C)=O. The Balaban J connectivity index is 1.25. The largest absolute Gasteiger partial charge is 0.463 e. The first-order valence-electron chi connectivity index (χ1n) is 28.8. The second kappa shape index (κ2) is 33.0. The number of amides is 3. The molecule has 3 aliphatic heterocycles. The van der Waals surface area contributed by atoms with Gasteiger partial charge in [-0.15, -0.1) is 0 Å². The van der Waals surface area contributed by atoms with Crippen LogP contribution in [-0.4, -0.2) is 147 Å². The van der Waals surface area contributed by atoms with Gasteiger partial charge in [-0.2, -0.15) is 0 Å². The summed E-state index contributed by atoms with van der Waals surface area (Å²) in [5.41, 5.74) is 4.04. The fourth-order valence-corrected chi connectivity index (χ4v) is 10.6. The van der Waals surface area contributed by atoms with Crippen molar-refractivity contribution in [2.24, 2.45) is 0 Å². The lowest BCUT2D eigenvalue weighted by atomic mass is 9.93. The van der Waals surface area contributed by atoms with Crippen molar-refractivity contribution in [2.45, 2.75) is 167 Å². The molecule has 3 amide bonds. The second-order valence-corrected chi connectivity index (χ2v) is 21.3. The number of esters is 3. The Kier molecular flexibility index (Phi) is 24.9. The molecule has 22 nitrogen and oxygen atoms in total. The zero-order chi connectivity index (χ0) is 61.7. The molecule has 0 aromatic heterocycles. The maximum atomic E-state index is 13.9. The van der Waals surface area contributed by atoms with Crippen LogP contribution in [0.5, 0.6) is 0 Å². The summed E-state index contributed by atoms with van der Waals surface area (Å²) in [6.45, 7) is 6.73. The molecule has 0 aliphatic carbocycles. The van der Waals surface area contributed by atoms with Crippen LogP contribution < -0.4 is 16.0 Å². The van der Waals surface area contributed by atoms with Crippen LogP contribution in [0.25, 0.3) is 0 Å². The summed E-state index contributed by atoms with van der Waals surface area (Å²) in [5, 5.41) is 8.85. The van der Waals surface area contributed by atoms with E-state index < -0.39 is 134 Å². The quantitative estimate of drug-likeness (QED) is 0.0401. The van der Waals surface area contributed by atoms with Gasteiger partial charge in [0, 0.05) is 41.5 Å². The first-order chi connectivity index (χ1) is 42.1. The van der Waals surface area contributed by atoms with Crippen molar-refractivity contribution in [3.05, 3.63) is 179 Å². The van der Waals surface area contributed by atoms with Gasteiger partial charge in [0.25, 0.3) is 0 Å². The van der Waals surface area contributed by atoms with E-state index in [1.807, 2.05) is 152 Å². The Morgan fingerprint density at radius 3 is 1.01 bits per heavy atom. The molecule has 3 heterocycles. The molecule has 5 aromatic carbocycles. The second-order valence-electron chi connectivity index (χ2n) is 21.3. The number of carbonyl (C=O) groups is 6. The predicted octanol–water partition coefficient (Wildman–Crippen LogP) is 5.69. The average molecular weight is 1200 g/mol. The lowest BCUT2D eigenvalue weighted by Crippen LogP contribution is -2.72. The van der Waals surface area contributed by atoms with Gasteiger partial charge in [0.05, 0.1) is 46.2 Å². The summed E-state index contributed by atoms with van der Waals surface area (Å²) in [4.78, 5) is 78.7. The summed E-state index contributed by atoms with van der Waals surface area (Å²) in [5.74, 6) is -3.92. The highest BCUT2D eigenvalue weighted by molar-refractivity contribution is 5.74. The third kappa shape index (κ3) is 19.8. The first-order valence-corrected chi connectivity index (χ1v) is 28.8. The van der Waals surface area contributed by atoms with Crippen LogP contribution in [0.2, 0.25) is 0 Å². The Labute approximate surface area is 506 Å². The average Bonchev–Trinajstić information content (AvgIpc) is 0.881. The van der Waals surface area contributed by atoms with Crippen LogP contribution >= 0.6 is 0 Å². The van der Waals surface area contributed by atoms with Crippen molar-refractivity contribution in [2.75, 3.05) is 19.8 Å². The number of rotatable bonds is 28. The van der Waals surface area contributed by atoms with E-state index >= 15 is 0 Å². The maximum absolute atomic E-state index is 13.9. The lowest BCUT2D eigenvalue weighted by molar-refractivity contribution is -0.361. The number of carbonyl (C=O) groups excluding carboxylic acids is 6. The van der Waals surface area contributed by atoms with Gasteiger partial charge in [0.2, 0.25) is 17.7 Å². The number of hydrogen-bond acceptors (Lipinski definition) is 19. The molecule has 15 atom stereocenters. The normalized spacial score (nSPS) is 27.0. The molecule has 3 saturated heterocycles. The summed E-state index contributed by atoms with van der Waals surface area (Å²) < 4.78 is 85.6. The zero-order valence-corrected chi connectivity index (χ0v) is 49.5. The molecule has 3 aliphatic rings. The van der Waals surface area contributed by atoms with Crippen molar-refractivity contribution in [1.29, 1.82) is 0 Å². The molecule has 22 heteroatoms. The van der Waals surface area contributed by atoms with Crippen molar-refractivity contribution in [3.8, 4) is 0 Å². The van der Waals surface area contributed by atoms with E-state index in [1.165, 1.54) is 27.7 Å². The minimum absolute atomic E-state index is 0.0295. The van der Waals surface area contributed by atoms with E-state index in [9.17, 15) is 28.8 Å². The molecule has 466 valence electrons. The molecular formula is C65H77N3O19. The molecule has 3 N–H and O–H groups in total. The Bertz CT molecular complexity index is 2950. The molecule has 8 rings (SSSR count). The van der Waals surface area contributed by atoms with Crippen molar-refractivity contribution < 1.29 is 90.3 Å². The number of hydrogen-bond donors (Lipinski definition) is 3. The topological polar surface area (TPSA) is 258 Å². The van der Waals surface area contributed by atoms with Gasteiger partial charge in [0.1, 0.15) is 67.5 Å². The molecule has 0 unspecified atom stereocenters. The van der Waals surface area contributed by atoms with Crippen molar-refractivity contribution >= 4 is 35.6 Å². The van der Waals surface area contributed by atoms with Gasteiger partial charge in [-0.3, -0.25) is 28.8 Å². The molecule has 0 spiro atoms. The zero-order valence-electron chi connectivity index (χ0n) is 49.5. The van der Waals surface area contributed by atoms with Gasteiger partial charge in [-0.1, -0.05) is 152 Å². The summed E-state index contributed by atoms with van der Waals surface area (Å²) >= 11 is 0. The Morgan fingerprint density at radius 2 is 0.655 bits per heavy atom. The molecular weight excluding hydrogens is 1130 g/mol. The fourth-order valence-electron chi connectivity index (χ4n) is 10.6. The Morgan fingerprint density at radius 1 is 0.345 bits per heavy atom. The van der Waals surface area contributed by atoms with Crippen LogP contribution in [0.1, 0.15) is 69.4 Å². The van der Waals surface area contributed by atoms with E-state index in [1.54, 1.807) is 0 Å². The minimum atomic E-state index is -1.64. The maximum Gasteiger partial charge on any atom is 0.303 e. The molecule has 3 fully saturated rings. The Hall–Kier alpha value is -7.48. The van der Waals surface area contributed by atoms with Crippen molar-refractivity contribution in [3.63, 3.8) is 0 Å². The fraction of sp³-hybridized carbons (Fsp3) is 0.446. The number of benzene rings is 5. The molecule has 0 bridgehead atoms. The summed E-state index contributed by atoms with van der Waals surface area (Å²) in [6, 6.07) is 43.2. The summed E-state index contributed by atoms with van der Waals surface area (Å²) in [6.07, 6.45) is -15.9. The van der Waals surface area contributed by atoms with Gasteiger partial charge in [0.15, 0.2) is 31.1 Å². The number of ether oxygens (including phenoxy) is 13. The van der Waals surface area contributed by atoms with Gasteiger partial charge >= 0.3 is 17.9 Å². The lowest BCUT2D eigenvalue weighted by Gasteiger charge is -2.52. The van der Waals surface area contributed by atoms with E-state index in [4.69, 9.17) is 61.6 Å². The van der Waals surface area contributed by atoms with Gasteiger partial charge < -0.3 is 77.5 Å².